The van der Waals surface area contributed by atoms with Crippen LogP contribution in [0.15, 0.2) is 6.07 Å². The van der Waals surface area contributed by atoms with Gasteiger partial charge >= 0.3 is 0 Å². The van der Waals surface area contributed by atoms with Gasteiger partial charge < -0.3 is 15.0 Å². The molecule has 2 heterocycles. The molecule has 1 aromatic rings. The number of amides is 1. The Morgan fingerprint density at radius 3 is 2.79 bits per heavy atom. The smallest absolute Gasteiger partial charge is 0.272 e. The lowest BCUT2D eigenvalue weighted by atomic mass is 10.2. The first-order chi connectivity index (χ1) is 11.4. The van der Waals surface area contributed by atoms with Gasteiger partial charge in [-0.15, -0.1) is 0 Å². The number of sulfone groups is 1. The Morgan fingerprint density at radius 2 is 2.21 bits per heavy atom. The van der Waals surface area contributed by atoms with E-state index in [-0.39, 0.29) is 29.1 Å². The van der Waals surface area contributed by atoms with Gasteiger partial charge in [0.1, 0.15) is 17.3 Å². The summed E-state index contributed by atoms with van der Waals surface area (Å²) >= 11 is 0. The van der Waals surface area contributed by atoms with E-state index in [0.29, 0.717) is 37.8 Å². The second-order valence-corrected chi connectivity index (χ2v) is 7.98. The third-order valence-corrected chi connectivity index (χ3v) is 5.67. The van der Waals surface area contributed by atoms with Crippen molar-refractivity contribution in [3.8, 4) is 0 Å². The van der Waals surface area contributed by atoms with Gasteiger partial charge in [-0.05, 0) is 20.3 Å². The topological polar surface area (TPSA) is 101 Å². The quantitative estimate of drug-likeness (QED) is 0.710. The van der Waals surface area contributed by atoms with Crippen molar-refractivity contribution in [3.05, 3.63) is 17.6 Å². The summed E-state index contributed by atoms with van der Waals surface area (Å²) in [7, 11) is -1.44. The van der Waals surface area contributed by atoms with Crippen molar-refractivity contribution >= 4 is 21.6 Å². The summed E-state index contributed by atoms with van der Waals surface area (Å²) in [5.74, 6) is 0.928. The monoisotopic (exact) mass is 356 g/mol. The summed E-state index contributed by atoms with van der Waals surface area (Å²) < 4.78 is 28.4. The van der Waals surface area contributed by atoms with Gasteiger partial charge in [-0.1, -0.05) is 0 Å². The second kappa shape index (κ2) is 7.89. The van der Waals surface area contributed by atoms with E-state index < -0.39 is 9.84 Å². The molecule has 0 saturated carbocycles. The van der Waals surface area contributed by atoms with Crippen LogP contribution in [0.3, 0.4) is 0 Å². The molecule has 0 aromatic carbocycles. The highest BCUT2D eigenvalue weighted by molar-refractivity contribution is 7.91. The number of carbonyl (C=O) groups is 1. The molecule has 0 spiro atoms. The number of hydrogen-bond acceptors (Lipinski definition) is 7. The third kappa shape index (κ3) is 4.64. The van der Waals surface area contributed by atoms with Crippen LogP contribution in [0.2, 0.25) is 0 Å². The average molecular weight is 356 g/mol. The highest BCUT2D eigenvalue weighted by Crippen LogP contribution is 2.20. The van der Waals surface area contributed by atoms with E-state index in [9.17, 15) is 13.2 Å². The molecule has 0 radical (unpaired) electrons. The number of rotatable bonds is 7. The molecule has 1 amide bonds. The first-order valence-corrected chi connectivity index (χ1v) is 9.78. The predicted molar refractivity (Wildman–Crippen MR) is 90.9 cm³/mol. The molecule has 1 aromatic heterocycles. The van der Waals surface area contributed by atoms with Crippen LogP contribution in [0, 0.1) is 6.92 Å². The van der Waals surface area contributed by atoms with Crippen LogP contribution in [0.5, 0.6) is 0 Å². The zero-order valence-electron chi connectivity index (χ0n) is 14.3. The SMILES string of the molecule is CCN(C(=O)c1cc(NCCOC)nc(C)n1)C1CCS(=O)(=O)C1. The molecule has 1 saturated heterocycles. The summed E-state index contributed by atoms with van der Waals surface area (Å²) in [4.78, 5) is 22.9. The molecular weight excluding hydrogens is 332 g/mol. The van der Waals surface area contributed by atoms with Gasteiger partial charge in [0.15, 0.2) is 9.84 Å². The van der Waals surface area contributed by atoms with E-state index in [0.717, 1.165) is 0 Å². The van der Waals surface area contributed by atoms with E-state index >= 15 is 0 Å². The van der Waals surface area contributed by atoms with Gasteiger partial charge in [-0.3, -0.25) is 4.79 Å². The normalized spacial score (nSPS) is 19.2. The Hall–Kier alpha value is -1.74. The van der Waals surface area contributed by atoms with Gasteiger partial charge in [0, 0.05) is 32.3 Å². The molecular formula is C15H24N4O4S. The first-order valence-electron chi connectivity index (χ1n) is 7.96. The summed E-state index contributed by atoms with van der Waals surface area (Å²) in [5.41, 5.74) is 0.272. The van der Waals surface area contributed by atoms with Gasteiger partial charge in [-0.2, -0.15) is 0 Å². The number of nitrogens with zero attached hydrogens (tertiary/aromatic N) is 3. The van der Waals surface area contributed by atoms with Crippen molar-refractivity contribution in [2.75, 3.05) is 43.6 Å². The number of anilines is 1. The zero-order chi connectivity index (χ0) is 17.7. The largest absolute Gasteiger partial charge is 0.383 e. The van der Waals surface area contributed by atoms with Crippen molar-refractivity contribution in [2.24, 2.45) is 0 Å². The molecule has 1 N–H and O–H groups in total. The van der Waals surface area contributed by atoms with Crippen molar-refractivity contribution in [1.82, 2.24) is 14.9 Å². The second-order valence-electron chi connectivity index (χ2n) is 5.75. The highest BCUT2D eigenvalue weighted by atomic mass is 32.2. The molecule has 9 heteroatoms. The number of aromatic nitrogens is 2. The van der Waals surface area contributed by atoms with Crippen LogP contribution < -0.4 is 5.32 Å². The van der Waals surface area contributed by atoms with Crippen LogP contribution in [-0.2, 0) is 14.6 Å². The van der Waals surface area contributed by atoms with E-state index in [4.69, 9.17) is 4.74 Å². The summed E-state index contributed by atoms with van der Waals surface area (Å²) in [6, 6.07) is 1.31. The molecule has 1 atom stereocenters. The Kier molecular flexibility index (Phi) is 6.11. The predicted octanol–water partition coefficient (Wildman–Crippen LogP) is 0.493. The zero-order valence-corrected chi connectivity index (χ0v) is 15.1. The van der Waals surface area contributed by atoms with Crippen molar-refractivity contribution < 1.29 is 17.9 Å². The number of nitrogens with one attached hydrogen (secondary N) is 1. The third-order valence-electron chi connectivity index (χ3n) is 3.92. The number of hydrogen-bond donors (Lipinski definition) is 1. The molecule has 0 bridgehead atoms. The van der Waals surface area contributed by atoms with Crippen molar-refractivity contribution in [3.63, 3.8) is 0 Å². The minimum Gasteiger partial charge on any atom is -0.383 e. The standard InChI is InChI=1S/C15H24N4O4S/c1-4-19(12-5-8-24(21,22)10-12)15(20)13-9-14(16-6-7-23-3)18-11(2)17-13/h9,12H,4-8,10H2,1-3H3,(H,16,17,18). The fraction of sp³-hybridized carbons (Fsp3) is 0.667. The van der Waals surface area contributed by atoms with Gasteiger partial charge in [-0.25, -0.2) is 18.4 Å². The Balaban J connectivity index is 2.17. The molecule has 1 aliphatic rings. The molecule has 1 aliphatic heterocycles. The minimum atomic E-state index is -3.05. The van der Waals surface area contributed by atoms with Crippen LogP contribution >= 0.6 is 0 Å². The van der Waals surface area contributed by atoms with E-state index in [1.807, 2.05) is 6.92 Å². The fourth-order valence-corrected chi connectivity index (χ4v) is 4.52. The lowest BCUT2D eigenvalue weighted by Crippen LogP contribution is -2.41. The summed E-state index contributed by atoms with van der Waals surface area (Å²) in [6.07, 6.45) is 0.477. The van der Waals surface area contributed by atoms with Crippen LogP contribution in [0.4, 0.5) is 5.82 Å². The van der Waals surface area contributed by atoms with Gasteiger partial charge in [0.2, 0.25) is 0 Å². The lowest BCUT2D eigenvalue weighted by molar-refractivity contribution is 0.0702. The van der Waals surface area contributed by atoms with Crippen LogP contribution in [0.1, 0.15) is 29.7 Å². The van der Waals surface area contributed by atoms with E-state index in [1.54, 1.807) is 25.0 Å². The minimum absolute atomic E-state index is 0.0234. The van der Waals surface area contributed by atoms with Crippen molar-refractivity contribution in [2.45, 2.75) is 26.3 Å². The Bertz CT molecular complexity index is 693. The molecule has 1 fully saturated rings. The molecule has 24 heavy (non-hydrogen) atoms. The summed E-state index contributed by atoms with van der Waals surface area (Å²) in [5, 5.41) is 3.08. The Labute approximate surface area is 142 Å². The van der Waals surface area contributed by atoms with Crippen LogP contribution in [0.25, 0.3) is 0 Å². The maximum atomic E-state index is 12.8. The number of aryl methyl sites for hydroxylation is 1. The average Bonchev–Trinajstić information content (AvgIpc) is 2.87. The highest BCUT2D eigenvalue weighted by Gasteiger charge is 2.34. The van der Waals surface area contributed by atoms with Gasteiger partial charge in [0.05, 0.1) is 18.1 Å². The summed E-state index contributed by atoms with van der Waals surface area (Å²) in [6.45, 7) is 5.09. The van der Waals surface area contributed by atoms with Crippen molar-refractivity contribution in [1.29, 1.82) is 0 Å². The first kappa shape index (κ1) is 18.6. The molecule has 8 nitrogen and oxygen atoms in total. The Morgan fingerprint density at radius 1 is 1.46 bits per heavy atom. The lowest BCUT2D eigenvalue weighted by Gasteiger charge is -2.26. The molecule has 134 valence electrons. The molecule has 1 unspecified atom stereocenters. The molecule has 0 aliphatic carbocycles. The van der Waals surface area contributed by atoms with E-state index in [1.165, 1.54) is 0 Å². The molecule has 2 rings (SSSR count). The maximum absolute atomic E-state index is 12.8. The number of carbonyl (C=O) groups excluding carboxylic acids is 1. The maximum Gasteiger partial charge on any atom is 0.272 e. The van der Waals surface area contributed by atoms with E-state index in [2.05, 4.69) is 15.3 Å². The number of ether oxygens (including phenoxy) is 1. The number of methoxy groups -OCH3 is 1. The fourth-order valence-electron chi connectivity index (χ4n) is 2.78. The van der Waals surface area contributed by atoms with Crippen LogP contribution in [-0.4, -0.2) is 73.5 Å². The van der Waals surface area contributed by atoms with Gasteiger partial charge in [0.25, 0.3) is 5.91 Å².